The molecule has 0 aromatic carbocycles. The van der Waals surface area contributed by atoms with Gasteiger partial charge in [-0.05, 0) is 20.8 Å². The van der Waals surface area contributed by atoms with Crippen LogP contribution >= 0.6 is 0 Å². The van der Waals surface area contributed by atoms with Crippen LogP contribution in [-0.2, 0) is 23.1 Å². The maximum absolute atomic E-state index is 12.0. The number of aromatic nitrogens is 2. The fourth-order valence-electron chi connectivity index (χ4n) is 2.39. The zero-order valence-electron chi connectivity index (χ0n) is 12.7. The molecule has 0 amide bonds. The van der Waals surface area contributed by atoms with Crippen molar-refractivity contribution in [2.45, 2.75) is 32.9 Å². The Morgan fingerprint density at radius 1 is 1.55 bits per heavy atom. The number of hydrogen-bond acceptors (Lipinski definition) is 5. The van der Waals surface area contributed by atoms with Crippen LogP contribution in [0.25, 0.3) is 0 Å². The van der Waals surface area contributed by atoms with E-state index in [4.69, 9.17) is 9.47 Å². The predicted octanol–water partition coefficient (Wildman–Crippen LogP) is 1.21. The molecule has 1 aliphatic heterocycles. The Kier molecular flexibility index (Phi) is 4.45. The highest BCUT2D eigenvalue weighted by Crippen LogP contribution is 2.23. The molecule has 1 aliphatic rings. The van der Waals surface area contributed by atoms with Crippen LogP contribution in [0.2, 0.25) is 0 Å². The van der Waals surface area contributed by atoms with Crippen molar-refractivity contribution in [3.05, 3.63) is 17.5 Å². The molecule has 0 bridgehead atoms. The third-order valence-corrected chi connectivity index (χ3v) is 3.71. The summed E-state index contributed by atoms with van der Waals surface area (Å²) in [5, 5.41) is 4.19. The van der Waals surface area contributed by atoms with Gasteiger partial charge in [0.25, 0.3) is 0 Å². The maximum Gasteiger partial charge on any atom is 0.341 e. The van der Waals surface area contributed by atoms with E-state index >= 15 is 0 Å². The molecule has 6 heteroatoms. The molecule has 2 heterocycles. The number of morpholine rings is 1. The van der Waals surface area contributed by atoms with E-state index in [1.165, 1.54) is 0 Å². The van der Waals surface area contributed by atoms with Gasteiger partial charge in [-0.3, -0.25) is 9.58 Å². The first-order valence-electron chi connectivity index (χ1n) is 6.96. The van der Waals surface area contributed by atoms with Crippen LogP contribution < -0.4 is 0 Å². The molecular weight excluding hydrogens is 258 g/mol. The Morgan fingerprint density at radius 3 is 2.95 bits per heavy atom. The summed E-state index contributed by atoms with van der Waals surface area (Å²) in [6, 6.07) is 0. The van der Waals surface area contributed by atoms with E-state index in [0.717, 1.165) is 18.8 Å². The van der Waals surface area contributed by atoms with E-state index in [-0.39, 0.29) is 11.5 Å². The van der Waals surface area contributed by atoms with Gasteiger partial charge in [0.15, 0.2) is 0 Å². The van der Waals surface area contributed by atoms with E-state index in [2.05, 4.69) is 23.8 Å². The molecular formula is C14H23N3O3. The van der Waals surface area contributed by atoms with Crippen molar-refractivity contribution in [2.75, 3.05) is 26.4 Å². The fourth-order valence-corrected chi connectivity index (χ4v) is 2.39. The Balaban J connectivity index is 2.20. The van der Waals surface area contributed by atoms with Gasteiger partial charge in [0.2, 0.25) is 0 Å². The zero-order valence-corrected chi connectivity index (χ0v) is 12.7. The number of hydrogen-bond donors (Lipinski definition) is 0. The summed E-state index contributed by atoms with van der Waals surface area (Å²) in [6.07, 6.45) is 1.58. The summed E-state index contributed by atoms with van der Waals surface area (Å²) in [7, 11) is 1.85. The van der Waals surface area contributed by atoms with Gasteiger partial charge in [-0.25, -0.2) is 4.79 Å². The topological polar surface area (TPSA) is 56.6 Å². The number of rotatable bonds is 4. The summed E-state index contributed by atoms with van der Waals surface area (Å²) < 4.78 is 12.4. The van der Waals surface area contributed by atoms with E-state index in [0.29, 0.717) is 25.3 Å². The number of esters is 1. The number of carbonyl (C=O) groups excluding carboxylic acids is 1. The van der Waals surface area contributed by atoms with Crippen LogP contribution in [-0.4, -0.2) is 52.6 Å². The Labute approximate surface area is 119 Å². The molecule has 1 aromatic rings. The third kappa shape index (κ3) is 3.02. The molecule has 0 saturated carbocycles. The minimum atomic E-state index is -0.304. The SMILES string of the molecule is CCOC(=O)c1cnn(C)c1CN1CCOCC1(C)C. The second kappa shape index (κ2) is 5.93. The van der Waals surface area contributed by atoms with Gasteiger partial charge in [-0.1, -0.05) is 0 Å². The van der Waals surface area contributed by atoms with Crippen LogP contribution in [0.15, 0.2) is 6.20 Å². The highest BCUT2D eigenvalue weighted by Gasteiger charge is 2.32. The van der Waals surface area contributed by atoms with E-state index in [9.17, 15) is 4.79 Å². The number of ether oxygens (including phenoxy) is 2. The summed E-state index contributed by atoms with van der Waals surface area (Å²) >= 11 is 0. The molecule has 0 radical (unpaired) electrons. The minimum Gasteiger partial charge on any atom is -0.462 e. The minimum absolute atomic E-state index is 0.0472. The van der Waals surface area contributed by atoms with Gasteiger partial charge in [-0.2, -0.15) is 5.10 Å². The lowest BCUT2D eigenvalue weighted by atomic mass is 10.0. The Morgan fingerprint density at radius 2 is 2.30 bits per heavy atom. The first-order chi connectivity index (χ1) is 9.45. The van der Waals surface area contributed by atoms with Crippen molar-refractivity contribution < 1.29 is 14.3 Å². The lowest BCUT2D eigenvalue weighted by molar-refractivity contribution is -0.0563. The van der Waals surface area contributed by atoms with Crippen molar-refractivity contribution in [1.29, 1.82) is 0 Å². The van der Waals surface area contributed by atoms with Crippen LogP contribution in [0.3, 0.4) is 0 Å². The van der Waals surface area contributed by atoms with Crippen molar-refractivity contribution >= 4 is 5.97 Å². The van der Waals surface area contributed by atoms with Gasteiger partial charge >= 0.3 is 5.97 Å². The van der Waals surface area contributed by atoms with E-state index < -0.39 is 0 Å². The second-order valence-corrected chi connectivity index (χ2v) is 5.64. The van der Waals surface area contributed by atoms with Crippen LogP contribution in [0, 0.1) is 0 Å². The molecule has 2 rings (SSSR count). The summed E-state index contributed by atoms with van der Waals surface area (Å²) in [5.41, 5.74) is 1.39. The molecule has 0 unspecified atom stereocenters. The quantitative estimate of drug-likeness (QED) is 0.776. The molecule has 1 saturated heterocycles. The fraction of sp³-hybridized carbons (Fsp3) is 0.714. The smallest absolute Gasteiger partial charge is 0.341 e. The van der Waals surface area contributed by atoms with E-state index in [1.807, 2.05) is 7.05 Å². The summed E-state index contributed by atoms with van der Waals surface area (Å²) in [5.74, 6) is -0.304. The monoisotopic (exact) mass is 281 g/mol. The van der Waals surface area contributed by atoms with Gasteiger partial charge < -0.3 is 9.47 Å². The molecule has 6 nitrogen and oxygen atoms in total. The maximum atomic E-state index is 12.0. The Hall–Kier alpha value is -1.40. The molecule has 0 spiro atoms. The molecule has 20 heavy (non-hydrogen) atoms. The average molecular weight is 281 g/mol. The number of carbonyl (C=O) groups is 1. The van der Waals surface area contributed by atoms with Crippen molar-refractivity contribution in [3.8, 4) is 0 Å². The molecule has 0 N–H and O–H groups in total. The number of aryl methyl sites for hydroxylation is 1. The molecule has 0 aliphatic carbocycles. The molecule has 0 atom stereocenters. The zero-order chi connectivity index (χ0) is 14.8. The average Bonchev–Trinajstić information content (AvgIpc) is 2.74. The van der Waals surface area contributed by atoms with Gasteiger partial charge in [0.1, 0.15) is 5.56 Å². The van der Waals surface area contributed by atoms with Crippen LogP contribution in [0.5, 0.6) is 0 Å². The standard InChI is InChI=1S/C14H23N3O3/c1-5-20-13(18)11-8-15-16(4)12(11)9-17-6-7-19-10-14(17,2)3/h8H,5-7,9-10H2,1-4H3. The first kappa shape index (κ1) is 15.0. The van der Waals surface area contributed by atoms with Gasteiger partial charge in [0, 0.05) is 25.7 Å². The Bertz CT molecular complexity index is 482. The molecule has 1 fully saturated rings. The lowest BCUT2D eigenvalue weighted by Crippen LogP contribution is -2.52. The van der Waals surface area contributed by atoms with Crippen molar-refractivity contribution in [1.82, 2.24) is 14.7 Å². The van der Waals surface area contributed by atoms with Crippen LogP contribution in [0.1, 0.15) is 36.8 Å². The molecule has 112 valence electrons. The van der Waals surface area contributed by atoms with Gasteiger partial charge in [-0.15, -0.1) is 0 Å². The molecule has 1 aromatic heterocycles. The predicted molar refractivity (Wildman–Crippen MR) is 74.5 cm³/mol. The summed E-state index contributed by atoms with van der Waals surface area (Å²) in [4.78, 5) is 14.3. The van der Waals surface area contributed by atoms with Gasteiger partial charge in [0.05, 0.1) is 31.7 Å². The van der Waals surface area contributed by atoms with Crippen molar-refractivity contribution in [3.63, 3.8) is 0 Å². The highest BCUT2D eigenvalue weighted by atomic mass is 16.5. The van der Waals surface area contributed by atoms with Crippen LogP contribution in [0.4, 0.5) is 0 Å². The van der Waals surface area contributed by atoms with E-state index in [1.54, 1.807) is 17.8 Å². The normalized spacial score (nSPS) is 19.0. The second-order valence-electron chi connectivity index (χ2n) is 5.64. The third-order valence-electron chi connectivity index (χ3n) is 3.71. The lowest BCUT2D eigenvalue weighted by Gasteiger charge is -2.42. The largest absolute Gasteiger partial charge is 0.462 e. The van der Waals surface area contributed by atoms with Crippen molar-refractivity contribution in [2.24, 2.45) is 7.05 Å². The highest BCUT2D eigenvalue weighted by molar-refractivity contribution is 5.90. The number of nitrogens with zero attached hydrogens (tertiary/aromatic N) is 3. The first-order valence-corrected chi connectivity index (χ1v) is 6.96. The summed E-state index contributed by atoms with van der Waals surface area (Å²) in [6.45, 7) is 9.39.